The van der Waals surface area contributed by atoms with Crippen molar-refractivity contribution in [2.45, 2.75) is 18.2 Å². The molecule has 0 spiro atoms. The van der Waals surface area contributed by atoms with Crippen molar-refractivity contribution in [3.05, 3.63) is 23.2 Å². The van der Waals surface area contributed by atoms with Crippen LogP contribution in [0.25, 0.3) is 0 Å². The molecular formula is C11H14ClNO5S. The van der Waals surface area contributed by atoms with Gasteiger partial charge >= 0.3 is 6.09 Å². The molecule has 0 fully saturated rings. The summed E-state index contributed by atoms with van der Waals surface area (Å²) in [7, 11) is 1.16. The highest BCUT2D eigenvalue weighted by Crippen LogP contribution is 2.30. The lowest BCUT2D eigenvalue weighted by Crippen LogP contribution is -2.24. The lowest BCUT2D eigenvalue weighted by atomic mass is 10.3. The molecule has 0 bridgehead atoms. The van der Waals surface area contributed by atoms with E-state index in [1.807, 2.05) is 12.4 Å². The molecule has 1 rings (SSSR count). The molecule has 8 heteroatoms. The van der Waals surface area contributed by atoms with Crippen molar-refractivity contribution in [2.24, 2.45) is 0 Å². The van der Waals surface area contributed by atoms with Crippen LogP contribution < -0.4 is 10.2 Å². The highest BCUT2D eigenvalue weighted by Gasteiger charge is 2.17. The third kappa shape index (κ3) is 4.70. The Bertz CT molecular complexity index is 468. The molecule has 0 aliphatic carbocycles. The number of hydroxylamine groups is 1. The van der Waals surface area contributed by atoms with Gasteiger partial charge in [-0.25, -0.2) is 9.00 Å². The summed E-state index contributed by atoms with van der Waals surface area (Å²) >= 11 is 3.95. The van der Waals surface area contributed by atoms with E-state index in [-0.39, 0.29) is 9.92 Å². The average molecular weight is 308 g/mol. The molecule has 0 aliphatic heterocycles. The van der Waals surface area contributed by atoms with Crippen LogP contribution in [0.15, 0.2) is 23.1 Å². The predicted molar refractivity (Wildman–Crippen MR) is 70.3 cm³/mol. The lowest BCUT2D eigenvalue weighted by molar-refractivity contribution is 0.125. The first-order chi connectivity index (χ1) is 9.10. The molecule has 1 unspecified atom stereocenters. The van der Waals surface area contributed by atoms with Crippen LogP contribution in [0.5, 0.6) is 5.75 Å². The number of ether oxygens (including phenoxy) is 2. The first kappa shape index (κ1) is 15.7. The van der Waals surface area contributed by atoms with Gasteiger partial charge in [-0.2, -0.15) is 9.76 Å². The Morgan fingerprint density at radius 3 is 2.84 bits per heavy atom. The first-order valence-electron chi connectivity index (χ1n) is 5.44. The highest BCUT2D eigenvalue weighted by molar-refractivity contribution is 7.80. The molecule has 0 radical (unpaired) electrons. The fourth-order valence-corrected chi connectivity index (χ4v) is 2.23. The summed E-state index contributed by atoms with van der Waals surface area (Å²) in [6.07, 6.45) is -0.0729. The summed E-state index contributed by atoms with van der Waals surface area (Å²) in [6, 6.07) is 4.84. The van der Waals surface area contributed by atoms with E-state index in [1.165, 1.54) is 0 Å². The van der Waals surface area contributed by atoms with Gasteiger partial charge in [-0.15, -0.1) is 0 Å². The Kier molecular flexibility index (Phi) is 6.61. The summed E-state index contributed by atoms with van der Waals surface area (Å²) < 4.78 is 26.3. The van der Waals surface area contributed by atoms with Gasteiger partial charge in [-0.3, -0.25) is 0 Å². The lowest BCUT2D eigenvalue weighted by Gasteiger charge is -2.11. The minimum atomic E-state index is -2.00. The van der Waals surface area contributed by atoms with E-state index in [1.54, 1.807) is 18.2 Å². The van der Waals surface area contributed by atoms with Gasteiger partial charge in [-0.05, 0) is 18.6 Å². The number of halogens is 1. The van der Waals surface area contributed by atoms with Gasteiger partial charge in [0.15, 0.2) is 0 Å². The van der Waals surface area contributed by atoms with Crippen LogP contribution in [-0.2, 0) is 20.1 Å². The van der Waals surface area contributed by atoms with E-state index in [9.17, 15) is 9.00 Å². The predicted octanol–water partition coefficient (Wildman–Crippen LogP) is 2.44. The van der Waals surface area contributed by atoms with E-state index in [2.05, 4.69) is 9.02 Å². The number of hydrogen-bond donors (Lipinski definition) is 1. The maximum absolute atomic E-state index is 11.9. The Hall–Kier alpha value is -1.31. The Balaban J connectivity index is 2.84. The molecule has 0 saturated heterocycles. The number of benzene rings is 1. The zero-order valence-corrected chi connectivity index (χ0v) is 12.0. The van der Waals surface area contributed by atoms with Crippen molar-refractivity contribution >= 4 is 28.8 Å². The van der Waals surface area contributed by atoms with Crippen LogP contribution in [0.1, 0.15) is 13.3 Å². The van der Waals surface area contributed by atoms with Crippen LogP contribution in [0.4, 0.5) is 4.79 Å². The normalized spacial score (nSPS) is 11.7. The number of nitrogens with one attached hydrogen (secondary N) is 1. The Morgan fingerprint density at radius 1 is 1.47 bits per heavy atom. The van der Waals surface area contributed by atoms with Crippen LogP contribution in [-0.4, -0.2) is 24.0 Å². The molecule has 0 aliphatic rings. The smallest absolute Gasteiger partial charge is 0.432 e. The second kappa shape index (κ2) is 7.98. The second-order valence-electron chi connectivity index (χ2n) is 3.33. The molecule has 6 nitrogen and oxygen atoms in total. The van der Waals surface area contributed by atoms with Crippen molar-refractivity contribution in [3.8, 4) is 5.75 Å². The first-order valence-corrected chi connectivity index (χ1v) is 6.89. The zero-order valence-electron chi connectivity index (χ0n) is 10.5. The molecule has 1 N–H and O–H groups in total. The monoisotopic (exact) mass is 307 g/mol. The van der Waals surface area contributed by atoms with Gasteiger partial charge < -0.3 is 9.47 Å². The molecule has 19 heavy (non-hydrogen) atoms. The Morgan fingerprint density at radius 2 is 2.21 bits per heavy atom. The van der Waals surface area contributed by atoms with Gasteiger partial charge in [0.05, 0.1) is 18.7 Å². The molecule has 1 aromatic rings. The zero-order chi connectivity index (χ0) is 14.3. The van der Waals surface area contributed by atoms with Gasteiger partial charge in [0.25, 0.3) is 0 Å². The molecule has 1 aromatic carbocycles. The fraction of sp³-hybridized carbons (Fsp3) is 0.364. The molecule has 1 amide bonds. The average Bonchev–Trinajstić information content (AvgIpc) is 2.42. The van der Waals surface area contributed by atoms with Crippen LogP contribution in [0, 0.1) is 0 Å². The number of carbonyl (C=O) groups excluding carboxylic acids is 1. The highest BCUT2D eigenvalue weighted by atomic mass is 35.5. The molecular weight excluding hydrogens is 294 g/mol. The topological polar surface area (TPSA) is 73.9 Å². The van der Waals surface area contributed by atoms with Crippen molar-refractivity contribution in [2.75, 3.05) is 13.7 Å². The standard InChI is InChI=1S/C11H14ClNO5S/c1-3-7-17-9-6-4-5-8(12)10(9)19(15)18-13-11(14)16-2/h4-6H,3,7H2,1-2H3,(H,13,14). The molecule has 0 saturated carbocycles. The van der Waals surface area contributed by atoms with Crippen molar-refractivity contribution in [1.29, 1.82) is 0 Å². The SMILES string of the molecule is CCCOc1cccc(Cl)c1S(=O)ONC(=O)OC. The molecule has 0 aromatic heterocycles. The van der Waals surface area contributed by atoms with Crippen molar-refractivity contribution in [3.63, 3.8) is 0 Å². The third-order valence-corrected chi connectivity index (χ3v) is 3.36. The van der Waals surface area contributed by atoms with Crippen molar-refractivity contribution < 1.29 is 22.8 Å². The largest absolute Gasteiger partial charge is 0.492 e. The summed E-state index contributed by atoms with van der Waals surface area (Å²) in [5.41, 5.74) is 1.87. The van der Waals surface area contributed by atoms with E-state index in [4.69, 9.17) is 16.3 Å². The molecule has 1 atom stereocenters. The van der Waals surface area contributed by atoms with E-state index in [0.29, 0.717) is 12.4 Å². The van der Waals surface area contributed by atoms with Crippen molar-refractivity contribution in [1.82, 2.24) is 5.48 Å². The number of carbonyl (C=O) groups is 1. The summed E-state index contributed by atoms with van der Waals surface area (Å²) in [5.74, 6) is 0.347. The minimum Gasteiger partial charge on any atom is -0.492 e. The molecule has 0 heterocycles. The second-order valence-corrected chi connectivity index (χ2v) is 4.78. The van der Waals surface area contributed by atoms with Crippen LogP contribution >= 0.6 is 11.6 Å². The minimum absolute atomic E-state index is 0.161. The third-order valence-electron chi connectivity index (χ3n) is 1.95. The number of hydrogen-bond acceptors (Lipinski definition) is 5. The summed E-state index contributed by atoms with van der Waals surface area (Å²) in [6.45, 7) is 2.39. The maximum Gasteiger partial charge on any atom is 0.432 e. The van der Waals surface area contributed by atoms with Crippen LogP contribution in [0.2, 0.25) is 5.02 Å². The van der Waals surface area contributed by atoms with E-state index in [0.717, 1.165) is 13.5 Å². The van der Waals surface area contributed by atoms with E-state index < -0.39 is 17.2 Å². The summed E-state index contributed by atoms with van der Waals surface area (Å²) in [4.78, 5) is 11.0. The summed E-state index contributed by atoms with van der Waals surface area (Å²) in [5, 5.41) is 0.221. The van der Waals surface area contributed by atoms with E-state index >= 15 is 0 Å². The number of methoxy groups -OCH3 is 1. The van der Waals surface area contributed by atoms with Gasteiger partial charge in [0.1, 0.15) is 10.6 Å². The number of amides is 1. The number of rotatable bonds is 6. The molecule has 106 valence electrons. The maximum atomic E-state index is 11.9. The van der Waals surface area contributed by atoms with Crippen LogP contribution in [0.3, 0.4) is 0 Å². The fourth-order valence-electron chi connectivity index (χ4n) is 1.13. The van der Waals surface area contributed by atoms with Gasteiger partial charge in [0, 0.05) is 0 Å². The van der Waals surface area contributed by atoms with Gasteiger partial charge in [0.2, 0.25) is 11.1 Å². The quantitative estimate of drug-likeness (QED) is 0.817. The van der Waals surface area contributed by atoms with Gasteiger partial charge in [-0.1, -0.05) is 24.6 Å². The Labute approximate surface area is 118 Å².